The van der Waals surface area contributed by atoms with Crippen molar-refractivity contribution in [1.82, 2.24) is 5.32 Å². The van der Waals surface area contributed by atoms with Crippen molar-refractivity contribution in [3.8, 4) is 0 Å². The van der Waals surface area contributed by atoms with E-state index in [4.69, 9.17) is 4.74 Å². The van der Waals surface area contributed by atoms with Crippen LogP contribution in [0.2, 0.25) is 0 Å². The average molecular weight is 264 g/mol. The molecule has 0 spiro atoms. The predicted octanol–water partition coefficient (Wildman–Crippen LogP) is 2.58. The third-order valence-electron chi connectivity index (χ3n) is 2.85. The Morgan fingerprint density at radius 2 is 2.11 bits per heavy atom. The molecule has 0 aliphatic rings. The molecule has 0 saturated heterocycles. The van der Waals surface area contributed by atoms with E-state index in [0.717, 1.165) is 37.2 Å². The molecule has 19 heavy (non-hydrogen) atoms. The summed E-state index contributed by atoms with van der Waals surface area (Å²) in [6.07, 6.45) is 1.90. The summed E-state index contributed by atoms with van der Waals surface area (Å²) in [7, 11) is 1.69. The number of carbonyl (C=O) groups excluding carboxylic acids is 1. The van der Waals surface area contributed by atoms with Crippen LogP contribution in [0.4, 0.5) is 5.69 Å². The lowest BCUT2D eigenvalue weighted by Crippen LogP contribution is -2.25. The highest BCUT2D eigenvalue weighted by Gasteiger charge is 2.10. The third-order valence-corrected chi connectivity index (χ3v) is 2.85. The van der Waals surface area contributed by atoms with Gasteiger partial charge in [-0.05, 0) is 38.8 Å². The number of aryl methyl sites for hydroxylation is 1. The quantitative estimate of drug-likeness (QED) is 0.710. The van der Waals surface area contributed by atoms with Crippen LogP contribution in [0.1, 0.15) is 35.7 Å². The lowest BCUT2D eigenvalue weighted by molar-refractivity contribution is 0.0952. The summed E-state index contributed by atoms with van der Waals surface area (Å²) in [4.78, 5) is 12.1. The SMILES string of the molecule is CCNc1ccc(C)cc1C(=O)NCCCCOC. The molecule has 0 heterocycles. The molecule has 0 saturated carbocycles. The molecule has 0 fully saturated rings. The largest absolute Gasteiger partial charge is 0.385 e. The Kier molecular flexibility index (Phi) is 6.97. The molecule has 1 aromatic rings. The molecular weight excluding hydrogens is 240 g/mol. The van der Waals surface area contributed by atoms with E-state index in [-0.39, 0.29) is 5.91 Å². The zero-order valence-electron chi connectivity index (χ0n) is 12.1. The highest BCUT2D eigenvalue weighted by molar-refractivity contribution is 5.99. The fraction of sp³-hybridized carbons (Fsp3) is 0.533. The normalized spacial score (nSPS) is 10.3. The Hall–Kier alpha value is -1.55. The highest BCUT2D eigenvalue weighted by atomic mass is 16.5. The Labute approximate surface area is 115 Å². The van der Waals surface area contributed by atoms with E-state index >= 15 is 0 Å². The summed E-state index contributed by atoms with van der Waals surface area (Å²) in [5, 5.41) is 6.16. The first kappa shape index (κ1) is 15.5. The second-order valence-electron chi connectivity index (χ2n) is 4.54. The second-order valence-corrected chi connectivity index (χ2v) is 4.54. The summed E-state index contributed by atoms with van der Waals surface area (Å²) in [6, 6.07) is 5.88. The molecule has 0 aliphatic carbocycles. The van der Waals surface area contributed by atoms with Gasteiger partial charge in [-0.1, -0.05) is 11.6 Å². The van der Waals surface area contributed by atoms with Crippen LogP contribution in [-0.4, -0.2) is 32.7 Å². The van der Waals surface area contributed by atoms with E-state index in [1.54, 1.807) is 7.11 Å². The first-order chi connectivity index (χ1) is 9.19. The summed E-state index contributed by atoms with van der Waals surface area (Å²) in [6.45, 7) is 6.24. The zero-order valence-corrected chi connectivity index (χ0v) is 12.1. The number of carbonyl (C=O) groups is 1. The molecule has 0 aliphatic heterocycles. The molecule has 0 radical (unpaired) electrons. The molecule has 1 amide bonds. The molecular formula is C15H24N2O2. The molecule has 4 heteroatoms. The van der Waals surface area contributed by atoms with Crippen LogP contribution in [0.3, 0.4) is 0 Å². The number of benzene rings is 1. The minimum atomic E-state index is -0.0166. The van der Waals surface area contributed by atoms with Gasteiger partial charge in [-0.15, -0.1) is 0 Å². The Balaban J connectivity index is 2.57. The number of amides is 1. The number of methoxy groups -OCH3 is 1. The van der Waals surface area contributed by atoms with Gasteiger partial charge in [-0.2, -0.15) is 0 Å². The number of hydrogen-bond acceptors (Lipinski definition) is 3. The molecule has 2 N–H and O–H groups in total. The van der Waals surface area contributed by atoms with Gasteiger partial charge in [-0.3, -0.25) is 4.79 Å². The smallest absolute Gasteiger partial charge is 0.253 e. The van der Waals surface area contributed by atoms with Crippen LogP contribution < -0.4 is 10.6 Å². The lowest BCUT2D eigenvalue weighted by Gasteiger charge is -2.12. The van der Waals surface area contributed by atoms with Crippen molar-refractivity contribution in [3.05, 3.63) is 29.3 Å². The Bertz CT molecular complexity index is 405. The maximum absolute atomic E-state index is 12.1. The molecule has 1 aromatic carbocycles. The van der Waals surface area contributed by atoms with Crippen molar-refractivity contribution in [2.45, 2.75) is 26.7 Å². The monoisotopic (exact) mass is 264 g/mol. The standard InChI is InChI=1S/C15H24N2O2/c1-4-16-14-8-7-12(2)11-13(14)15(18)17-9-5-6-10-19-3/h7-8,11,16H,4-6,9-10H2,1-3H3,(H,17,18). The van der Waals surface area contributed by atoms with Gasteiger partial charge in [0.15, 0.2) is 0 Å². The van der Waals surface area contributed by atoms with E-state index in [1.807, 2.05) is 32.0 Å². The van der Waals surface area contributed by atoms with Crippen molar-refractivity contribution >= 4 is 11.6 Å². The van der Waals surface area contributed by atoms with Crippen LogP contribution in [0, 0.1) is 6.92 Å². The second kappa shape index (κ2) is 8.53. The number of unbranched alkanes of at least 4 members (excludes halogenated alkanes) is 1. The Morgan fingerprint density at radius 1 is 1.32 bits per heavy atom. The van der Waals surface area contributed by atoms with Crippen molar-refractivity contribution in [1.29, 1.82) is 0 Å². The highest BCUT2D eigenvalue weighted by Crippen LogP contribution is 2.17. The third kappa shape index (κ3) is 5.30. The van der Waals surface area contributed by atoms with Gasteiger partial charge >= 0.3 is 0 Å². The number of nitrogens with one attached hydrogen (secondary N) is 2. The summed E-state index contributed by atoms with van der Waals surface area (Å²) in [5.74, 6) is -0.0166. The van der Waals surface area contributed by atoms with E-state index < -0.39 is 0 Å². The van der Waals surface area contributed by atoms with Crippen molar-refractivity contribution < 1.29 is 9.53 Å². The first-order valence-corrected chi connectivity index (χ1v) is 6.80. The minimum absolute atomic E-state index is 0.0166. The first-order valence-electron chi connectivity index (χ1n) is 6.80. The van der Waals surface area contributed by atoms with Gasteiger partial charge in [0, 0.05) is 32.5 Å². The maximum atomic E-state index is 12.1. The molecule has 0 atom stereocenters. The molecule has 0 aromatic heterocycles. The van der Waals surface area contributed by atoms with E-state index in [9.17, 15) is 4.79 Å². The molecule has 0 bridgehead atoms. The Morgan fingerprint density at radius 3 is 2.79 bits per heavy atom. The fourth-order valence-corrected chi connectivity index (χ4v) is 1.86. The van der Waals surface area contributed by atoms with Crippen LogP contribution >= 0.6 is 0 Å². The fourth-order valence-electron chi connectivity index (χ4n) is 1.86. The molecule has 4 nitrogen and oxygen atoms in total. The maximum Gasteiger partial charge on any atom is 0.253 e. The predicted molar refractivity (Wildman–Crippen MR) is 78.8 cm³/mol. The molecule has 0 unspecified atom stereocenters. The number of hydrogen-bond donors (Lipinski definition) is 2. The van der Waals surface area contributed by atoms with Gasteiger partial charge in [-0.25, -0.2) is 0 Å². The minimum Gasteiger partial charge on any atom is -0.385 e. The summed E-state index contributed by atoms with van der Waals surface area (Å²) < 4.78 is 4.98. The van der Waals surface area contributed by atoms with Crippen molar-refractivity contribution in [2.24, 2.45) is 0 Å². The summed E-state index contributed by atoms with van der Waals surface area (Å²) in [5.41, 5.74) is 2.70. The lowest BCUT2D eigenvalue weighted by atomic mass is 10.1. The van der Waals surface area contributed by atoms with E-state index in [1.165, 1.54) is 0 Å². The topological polar surface area (TPSA) is 50.4 Å². The van der Waals surface area contributed by atoms with Crippen molar-refractivity contribution in [3.63, 3.8) is 0 Å². The number of ether oxygens (including phenoxy) is 1. The van der Waals surface area contributed by atoms with Crippen LogP contribution in [-0.2, 0) is 4.74 Å². The molecule has 106 valence electrons. The van der Waals surface area contributed by atoms with Crippen LogP contribution in [0.25, 0.3) is 0 Å². The average Bonchev–Trinajstić information content (AvgIpc) is 2.40. The number of anilines is 1. The van der Waals surface area contributed by atoms with Gasteiger partial charge in [0.25, 0.3) is 5.91 Å². The van der Waals surface area contributed by atoms with Gasteiger partial charge in [0.05, 0.1) is 5.56 Å². The van der Waals surface area contributed by atoms with Gasteiger partial charge < -0.3 is 15.4 Å². The van der Waals surface area contributed by atoms with E-state index in [0.29, 0.717) is 12.1 Å². The summed E-state index contributed by atoms with van der Waals surface area (Å²) >= 11 is 0. The van der Waals surface area contributed by atoms with Crippen LogP contribution in [0.15, 0.2) is 18.2 Å². The van der Waals surface area contributed by atoms with Crippen LogP contribution in [0.5, 0.6) is 0 Å². The zero-order chi connectivity index (χ0) is 14.1. The van der Waals surface area contributed by atoms with Gasteiger partial charge in [0.2, 0.25) is 0 Å². The number of rotatable bonds is 8. The van der Waals surface area contributed by atoms with E-state index in [2.05, 4.69) is 10.6 Å². The van der Waals surface area contributed by atoms with Gasteiger partial charge in [0.1, 0.15) is 0 Å². The van der Waals surface area contributed by atoms with Crippen molar-refractivity contribution in [2.75, 3.05) is 32.1 Å². The molecule has 1 rings (SSSR count).